The van der Waals surface area contributed by atoms with Gasteiger partial charge in [-0.1, -0.05) is 121 Å². The van der Waals surface area contributed by atoms with E-state index in [4.69, 9.17) is 0 Å². The Labute approximate surface area is 263 Å². The second kappa shape index (κ2) is 8.57. The summed E-state index contributed by atoms with van der Waals surface area (Å²) in [5.41, 5.74) is 5.14. The van der Waals surface area contributed by atoms with Gasteiger partial charge in [-0.05, 0) is 111 Å². The first-order chi connectivity index (χ1) is 22.3. The van der Waals surface area contributed by atoms with E-state index in [-0.39, 0.29) is 0 Å². The highest BCUT2D eigenvalue weighted by Gasteiger charge is 2.16. The van der Waals surface area contributed by atoms with Crippen LogP contribution in [0, 0.1) is 0 Å². The lowest BCUT2D eigenvalue weighted by Gasteiger charge is -2.14. The van der Waals surface area contributed by atoms with Crippen LogP contribution in [0.4, 0.5) is 0 Å². The molecule has 45 heavy (non-hydrogen) atoms. The number of hydrogen-bond acceptors (Lipinski definition) is 1. The van der Waals surface area contributed by atoms with Crippen LogP contribution in [0.1, 0.15) is 0 Å². The van der Waals surface area contributed by atoms with Crippen molar-refractivity contribution in [2.24, 2.45) is 0 Å². The minimum atomic E-state index is 1.27. The molecule has 1 heterocycles. The highest BCUT2D eigenvalue weighted by Crippen LogP contribution is 2.44. The molecule has 11 rings (SSSR count). The fraction of sp³-hybridized carbons (Fsp3) is 0. The molecule has 0 bridgehead atoms. The average molecular weight is 585 g/mol. The summed E-state index contributed by atoms with van der Waals surface area (Å²) in [5.74, 6) is 0. The Morgan fingerprint density at radius 2 is 0.667 bits per heavy atom. The Morgan fingerprint density at radius 3 is 1.11 bits per heavy atom. The van der Waals surface area contributed by atoms with Crippen LogP contribution in [-0.2, 0) is 0 Å². The van der Waals surface area contributed by atoms with Gasteiger partial charge in [-0.3, -0.25) is 0 Å². The summed E-state index contributed by atoms with van der Waals surface area (Å²) in [6.07, 6.45) is 0. The molecule has 0 unspecified atom stereocenters. The molecule has 10 aromatic carbocycles. The average Bonchev–Trinajstić information content (AvgIpc) is 3.46. The molecular weight excluding hydrogens is 561 g/mol. The summed E-state index contributed by atoms with van der Waals surface area (Å²) in [7, 11) is 0. The number of rotatable bonds is 2. The van der Waals surface area contributed by atoms with E-state index in [9.17, 15) is 0 Å². The monoisotopic (exact) mass is 584 g/mol. The number of hydrogen-bond donors (Lipinski definition) is 0. The van der Waals surface area contributed by atoms with Crippen molar-refractivity contribution in [1.29, 1.82) is 0 Å². The van der Waals surface area contributed by atoms with E-state index in [0.29, 0.717) is 0 Å². The smallest absolute Gasteiger partial charge is 0.0355 e. The Morgan fingerprint density at radius 1 is 0.289 bits per heavy atom. The van der Waals surface area contributed by atoms with Crippen LogP contribution in [0.5, 0.6) is 0 Å². The SMILES string of the molecule is c1cc2ccc3ccc(-c4ccc5sc6ccc(-c7ccc8ccc9cccc%10ccc7c8c9%10)cc6c5c4)c4ccc(c1)c2c34. The molecule has 0 saturated heterocycles. The standard InChI is InChI=1S/C44H24S/c1-3-25-7-9-29-11-17-33(35-19-13-27(5-1)41(25)43(29)35)31-15-21-39-37(23-31)38-24-32(16-22-40(38)45-39)34-18-12-30-10-8-26-4-2-6-28-14-20-36(34)44(30)42(26)28/h1-24H. The first kappa shape index (κ1) is 23.9. The van der Waals surface area contributed by atoms with Gasteiger partial charge in [0.05, 0.1) is 0 Å². The molecule has 1 heteroatoms. The van der Waals surface area contributed by atoms with Gasteiger partial charge < -0.3 is 0 Å². The van der Waals surface area contributed by atoms with Gasteiger partial charge in [0.25, 0.3) is 0 Å². The lowest BCUT2D eigenvalue weighted by molar-refractivity contribution is 1.71. The Bertz CT molecular complexity index is 2740. The molecule has 0 aliphatic heterocycles. The number of fused-ring (bicyclic) bond motifs is 3. The molecule has 0 atom stereocenters. The normalized spacial score (nSPS) is 12.4. The molecule has 0 aliphatic carbocycles. The predicted octanol–water partition coefficient (Wildman–Crippen LogP) is 13.2. The van der Waals surface area contributed by atoms with Gasteiger partial charge >= 0.3 is 0 Å². The van der Waals surface area contributed by atoms with E-state index in [1.165, 1.54) is 107 Å². The fourth-order valence-electron chi connectivity index (χ4n) is 8.09. The molecule has 1 aromatic heterocycles. The van der Waals surface area contributed by atoms with Crippen LogP contribution in [0.25, 0.3) is 107 Å². The van der Waals surface area contributed by atoms with Crippen molar-refractivity contribution in [3.8, 4) is 22.3 Å². The van der Waals surface area contributed by atoms with E-state index in [1.54, 1.807) is 0 Å². The molecule has 0 aliphatic rings. The topological polar surface area (TPSA) is 0 Å². The molecule has 0 radical (unpaired) electrons. The summed E-state index contributed by atoms with van der Waals surface area (Å²) in [4.78, 5) is 0. The van der Waals surface area contributed by atoms with Gasteiger partial charge in [-0.2, -0.15) is 0 Å². The minimum Gasteiger partial charge on any atom is -0.135 e. The Balaban J connectivity index is 1.14. The number of thiophene rings is 1. The minimum absolute atomic E-state index is 1.27. The first-order valence-corrected chi connectivity index (χ1v) is 16.4. The maximum atomic E-state index is 2.42. The van der Waals surface area contributed by atoms with Crippen molar-refractivity contribution in [3.63, 3.8) is 0 Å². The second-order valence-corrected chi connectivity index (χ2v) is 13.5. The van der Waals surface area contributed by atoms with E-state index in [1.807, 2.05) is 11.3 Å². The van der Waals surface area contributed by atoms with Gasteiger partial charge in [0, 0.05) is 20.2 Å². The van der Waals surface area contributed by atoms with Crippen molar-refractivity contribution in [2.75, 3.05) is 0 Å². The molecule has 0 fully saturated rings. The molecule has 206 valence electrons. The zero-order chi connectivity index (χ0) is 29.2. The molecule has 0 spiro atoms. The number of benzene rings is 10. The molecule has 0 nitrogen and oxygen atoms in total. The zero-order valence-corrected chi connectivity index (χ0v) is 25.1. The maximum absolute atomic E-state index is 2.42. The maximum Gasteiger partial charge on any atom is 0.0355 e. The van der Waals surface area contributed by atoms with E-state index >= 15 is 0 Å². The van der Waals surface area contributed by atoms with Gasteiger partial charge in [0.1, 0.15) is 0 Å². The van der Waals surface area contributed by atoms with Crippen LogP contribution in [0.15, 0.2) is 146 Å². The third-order valence-electron chi connectivity index (χ3n) is 10.1. The van der Waals surface area contributed by atoms with Crippen LogP contribution in [0.3, 0.4) is 0 Å². The molecule has 11 aromatic rings. The van der Waals surface area contributed by atoms with E-state index in [2.05, 4.69) is 146 Å². The van der Waals surface area contributed by atoms with Crippen molar-refractivity contribution in [3.05, 3.63) is 146 Å². The highest BCUT2D eigenvalue weighted by atomic mass is 32.1. The third-order valence-corrected chi connectivity index (χ3v) is 11.3. The van der Waals surface area contributed by atoms with Gasteiger partial charge in [0.2, 0.25) is 0 Å². The van der Waals surface area contributed by atoms with E-state index in [0.717, 1.165) is 0 Å². The lowest BCUT2D eigenvalue weighted by atomic mass is 9.89. The summed E-state index contributed by atoms with van der Waals surface area (Å²) in [5, 5.41) is 18.6. The third kappa shape index (κ3) is 3.21. The molecule has 0 amide bonds. The van der Waals surface area contributed by atoms with Crippen LogP contribution in [0.2, 0.25) is 0 Å². The predicted molar refractivity (Wildman–Crippen MR) is 198 cm³/mol. The van der Waals surface area contributed by atoms with Crippen molar-refractivity contribution < 1.29 is 0 Å². The zero-order valence-electron chi connectivity index (χ0n) is 24.3. The van der Waals surface area contributed by atoms with Crippen molar-refractivity contribution >= 4 is 96.1 Å². The molecule has 0 saturated carbocycles. The summed E-state index contributed by atoms with van der Waals surface area (Å²) >= 11 is 1.89. The van der Waals surface area contributed by atoms with Gasteiger partial charge in [-0.25, -0.2) is 0 Å². The summed E-state index contributed by atoms with van der Waals surface area (Å²) < 4.78 is 2.66. The summed E-state index contributed by atoms with van der Waals surface area (Å²) in [6.45, 7) is 0. The quantitative estimate of drug-likeness (QED) is 0.177. The largest absolute Gasteiger partial charge is 0.135 e. The van der Waals surface area contributed by atoms with Crippen LogP contribution in [-0.4, -0.2) is 0 Å². The van der Waals surface area contributed by atoms with Crippen LogP contribution < -0.4 is 0 Å². The van der Waals surface area contributed by atoms with Crippen LogP contribution >= 0.6 is 11.3 Å². The van der Waals surface area contributed by atoms with Crippen molar-refractivity contribution in [2.45, 2.75) is 0 Å². The van der Waals surface area contributed by atoms with Gasteiger partial charge in [-0.15, -0.1) is 11.3 Å². The Hall–Kier alpha value is -5.50. The van der Waals surface area contributed by atoms with Gasteiger partial charge in [0.15, 0.2) is 0 Å². The first-order valence-electron chi connectivity index (χ1n) is 15.6. The fourth-order valence-corrected chi connectivity index (χ4v) is 9.15. The second-order valence-electron chi connectivity index (χ2n) is 12.5. The lowest BCUT2D eigenvalue weighted by Crippen LogP contribution is -1.87. The van der Waals surface area contributed by atoms with Crippen molar-refractivity contribution in [1.82, 2.24) is 0 Å². The molecular formula is C44H24S. The summed E-state index contributed by atoms with van der Waals surface area (Å²) in [6, 6.07) is 54.9. The molecule has 0 N–H and O–H groups in total. The van der Waals surface area contributed by atoms with E-state index < -0.39 is 0 Å². The highest BCUT2D eigenvalue weighted by molar-refractivity contribution is 7.25. The Kier molecular flexibility index (Phi) is 4.55.